The lowest BCUT2D eigenvalue weighted by Crippen LogP contribution is -2.58. The second-order valence-corrected chi connectivity index (χ2v) is 28.8. The molecule has 1 unspecified atom stereocenters. The van der Waals surface area contributed by atoms with E-state index in [1.165, 1.54) is 168 Å². The average Bonchev–Trinajstić information content (AvgIpc) is 3.81. The van der Waals surface area contributed by atoms with Gasteiger partial charge in [0.05, 0.1) is 0 Å². The third-order valence-corrected chi connectivity index (χ3v) is 18.9. The summed E-state index contributed by atoms with van der Waals surface area (Å²) in [6, 6.07) is 15.7. The number of hydrogen-bond acceptors (Lipinski definition) is 9. The molecule has 9 heteroatoms. The van der Waals surface area contributed by atoms with Crippen LogP contribution in [0.5, 0.6) is 0 Å². The summed E-state index contributed by atoms with van der Waals surface area (Å²) >= 11 is 0. The van der Waals surface area contributed by atoms with E-state index in [0.717, 1.165) is 24.2 Å². The van der Waals surface area contributed by atoms with Crippen molar-refractivity contribution in [3.05, 3.63) is 35.9 Å². The number of hydrogen-bond donors (Lipinski definition) is 0. The zero-order chi connectivity index (χ0) is 57.6. The largest absolute Gasteiger partial charge is 0.304 e. The minimum Gasteiger partial charge on any atom is -0.304 e. The Morgan fingerprint density at radius 1 is 0.434 bits per heavy atom. The molecule has 1 saturated carbocycles. The number of rotatable bonds is 8. The van der Waals surface area contributed by atoms with Gasteiger partial charge in [-0.1, -0.05) is 71.4 Å². The molecule has 6 heterocycles. The molecular formula is C67H135N9. The van der Waals surface area contributed by atoms with Gasteiger partial charge in [0.15, 0.2) is 0 Å². The summed E-state index contributed by atoms with van der Waals surface area (Å²) in [5, 5.41) is 0. The number of nitrogens with zero attached hydrogens (tertiary/aromatic N) is 9. The maximum absolute atomic E-state index is 2.73. The fraction of sp³-hybridized carbons (Fsp3) is 0.910. The zero-order valence-electron chi connectivity index (χ0n) is 55.7. The molecule has 0 bridgehead atoms. The van der Waals surface area contributed by atoms with Gasteiger partial charge in [-0.15, -0.1) is 0 Å². The molecule has 8 rings (SSSR count). The Bertz CT molecular complexity index is 1600. The molecule has 0 amide bonds. The van der Waals surface area contributed by atoms with E-state index in [9.17, 15) is 0 Å². The van der Waals surface area contributed by atoms with Crippen LogP contribution < -0.4 is 0 Å². The first-order chi connectivity index (χ1) is 35.4. The molecule has 0 radical (unpaired) electrons. The van der Waals surface area contributed by atoms with Crippen LogP contribution in [0.1, 0.15) is 228 Å². The van der Waals surface area contributed by atoms with Crippen molar-refractivity contribution in [3.63, 3.8) is 0 Å². The number of likely N-dealkylation sites (tertiary alicyclic amines) is 3. The highest BCUT2D eigenvalue weighted by molar-refractivity contribution is 5.17. The number of piperazine rings is 3. The number of benzene rings is 1. The molecule has 1 aromatic rings. The molecule has 0 aromatic heterocycles. The average molecular weight is 1070 g/mol. The molecule has 1 atom stereocenters. The van der Waals surface area contributed by atoms with Gasteiger partial charge in [0.25, 0.3) is 0 Å². The van der Waals surface area contributed by atoms with Crippen molar-refractivity contribution in [2.75, 3.05) is 113 Å². The lowest BCUT2D eigenvalue weighted by molar-refractivity contribution is 0.0245. The number of likely N-dealkylation sites (N-methyl/N-ethyl adjacent to an activating group) is 3. The first-order valence-electron chi connectivity index (χ1n) is 32.0. The van der Waals surface area contributed by atoms with Crippen LogP contribution in [0.2, 0.25) is 0 Å². The topological polar surface area (TPSA) is 29.2 Å². The summed E-state index contributed by atoms with van der Waals surface area (Å²) in [7, 11) is 6.65. The van der Waals surface area contributed by atoms with E-state index in [-0.39, 0.29) is 0 Å². The van der Waals surface area contributed by atoms with Gasteiger partial charge in [-0.05, 0) is 233 Å². The van der Waals surface area contributed by atoms with E-state index >= 15 is 0 Å². The van der Waals surface area contributed by atoms with Crippen molar-refractivity contribution in [3.8, 4) is 0 Å². The first-order valence-corrected chi connectivity index (χ1v) is 32.0. The molecule has 0 N–H and O–H groups in total. The van der Waals surface area contributed by atoms with Crippen LogP contribution in [0.3, 0.4) is 0 Å². The molecule has 7 aliphatic rings. The van der Waals surface area contributed by atoms with Crippen LogP contribution >= 0.6 is 0 Å². The van der Waals surface area contributed by atoms with Gasteiger partial charge in [-0.25, -0.2) is 0 Å². The SMILES string of the molecule is CC(C)N1CCCC(C)(C)C1.CC(C)N1CCCC12CCC2.CC(C)N1CCCCC1(C)C.CC(C)N1CCN(C)C(C)(C)C1.CC(C)N1CCN(C)CC1.CC(C)c1ccccc1.CCC1CN(C(C)C)CCN1C. The molecular weight excluding hydrogens is 931 g/mol. The van der Waals surface area contributed by atoms with E-state index in [0.29, 0.717) is 46.1 Å². The summed E-state index contributed by atoms with van der Waals surface area (Å²) < 4.78 is 0. The van der Waals surface area contributed by atoms with Crippen LogP contribution in [0.25, 0.3) is 0 Å². The lowest BCUT2D eigenvalue weighted by atomic mass is 9.74. The van der Waals surface area contributed by atoms with Crippen LogP contribution in [0, 0.1) is 5.41 Å². The van der Waals surface area contributed by atoms with Gasteiger partial charge in [-0.3, -0.25) is 29.4 Å². The van der Waals surface area contributed by atoms with Crippen molar-refractivity contribution < 1.29 is 0 Å². The van der Waals surface area contributed by atoms with Crippen molar-refractivity contribution in [2.24, 2.45) is 5.41 Å². The predicted molar refractivity (Wildman–Crippen MR) is 339 cm³/mol. The first kappa shape index (κ1) is 71.0. The van der Waals surface area contributed by atoms with Gasteiger partial charge >= 0.3 is 0 Å². The molecule has 7 fully saturated rings. The van der Waals surface area contributed by atoms with E-state index < -0.39 is 0 Å². The summed E-state index contributed by atoms with van der Waals surface area (Å²) in [6.07, 6.45) is 15.6. The Hall–Kier alpha value is -1.14. The summed E-state index contributed by atoms with van der Waals surface area (Å²) in [6.45, 7) is 65.9. The third-order valence-electron chi connectivity index (χ3n) is 18.9. The summed E-state index contributed by atoms with van der Waals surface area (Å²) in [4.78, 5) is 22.9. The molecule has 1 aromatic carbocycles. The molecule has 6 aliphatic heterocycles. The van der Waals surface area contributed by atoms with E-state index in [4.69, 9.17) is 0 Å². The maximum Gasteiger partial charge on any atom is 0.0277 e. The molecule has 76 heavy (non-hydrogen) atoms. The van der Waals surface area contributed by atoms with Gasteiger partial charge in [0.1, 0.15) is 0 Å². The molecule has 1 spiro atoms. The highest BCUT2D eigenvalue weighted by Gasteiger charge is 2.46. The van der Waals surface area contributed by atoms with Gasteiger partial charge in [0.2, 0.25) is 0 Å². The van der Waals surface area contributed by atoms with E-state index in [1.807, 2.05) is 6.07 Å². The molecule has 1 aliphatic carbocycles. The fourth-order valence-corrected chi connectivity index (χ4v) is 12.8. The standard InChI is InChI=1S/2C10H22N2.C10H19N.2C10H21N.C9H12.C8H18N2/c1-9(2)12-7-6-11(5)10(3,4)8-12;1-5-10-8-12(9(2)3)7-6-11(10)4;1-9(2)11-8-4-7-10(11)5-3-6-10;1-9(2)11-7-5-6-10(3,4)8-11;1-9(2)11-8-6-5-7-10(11,3)4;1-8(2)9-6-4-3-5-7-9;1-8(2)10-6-4-9(3)5-7-10/h9H,6-8H2,1-5H3;9-10H,5-8H2,1-4H3;9H,3-8H2,1-2H3;2*9H,5-8H2,1-4H3;3-8H,1-2H3;8H,4-7H2,1-3H3. The smallest absolute Gasteiger partial charge is 0.0277 e. The van der Waals surface area contributed by atoms with Crippen LogP contribution in [0.15, 0.2) is 30.3 Å². The van der Waals surface area contributed by atoms with Crippen molar-refractivity contribution in [1.82, 2.24) is 44.1 Å². The lowest BCUT2D eigenvalue weighted by Gasteiger charge is -2.48. The third kappa shape index (κ3) is 24.9. The summed E-state index contributed by atoms with van der Waals surface area (Å²) in [5.41, 5.74) is 3.46. The van der Waals surface area contributed by atoms with Crippen LogP contribution in [0.4, 0.5) is 0 Å². The molecule has 9 nitrogen and oxygen atoms in total. The highest BCUT2D eigenvalue weighted by Crippen LogP contribution is 2.46. The molecule has 6 saturated heterocycles. The highest BCUT2D eigenvalue weighted by atomic mass is 15.3. The minimum absolute atomic E-state index is 0.350. The van der Waals surface area contributed by atoms with Gasteiger partial charge < -0.3 is 14.7 Å². The second-order valence-electron chi connectivity index (χ2n) is 28.8. The summed E-state index contributed by atoms with van der Waals surface area (Å²) in [5.74, 6) is 0.659. The predicted octanol–water partition coefficient (Wildman–Crippen LogP) is 13.9. The maximum atomic E-state index is 2.73. The Kier molecular flexibility index (Phi) is 32.1. The van der Waals surface area contributed by atoms with E-state index in [2.05, 4.69) is 235 Å². The van der Waals surface area contributed by atoms with Crippen LogP contribution in [-0.2, 0) is 0 Å². The quantitative estimate of drug-likeness (QED) is 0.253. The normalized spacial score (nSPS) is 24.8. The minimum atomic E-state index is 0.350. The van der Waals surface area contributed by atoms with Gasteiger partial charge in [-0.2, -0.15) is 0 Å². The second kappa shape index (κ2) is 34.3. The Morgan fingerprint density at radius 3 is 1.32 bits per heavy atom. The van der Waals surface area contributed by atoms with Gasteiger partial charge in [0, 0.05) is 131 Å². The Balaban J connectivity index is 0.000000304. The van der Waals surface area contributed by atoms with Crippen LogP contribution in [-0.4, -0.2) is 216 Å². The fourth-order valence-electron chi connectivity index (χ4n) is 12.8. The Labute approximate surface area is 477 Å². The van der Waals surface area contributed by atoms with E-state index in [1.54, 1.807) is 0 Å². The Morgan fingerprint density at radius 2 is 0.921 bits per heavy atom. The van der Waals surface area contributed by atoms with Crippen molar-refractivity contribution in [2.45, 2.75) is 281 Å². The number of piperidine rings is 2. The zero-order valence-corrected chi connectivity index (χ0v) is 55.7. The van der Waals surface area contributed by atoms with Crippen molar-refractivity contribution in [1.29, 1.82) is 0 Å². The van der Waals surface area contributed by atoms with Crippen molar-refractivity contribution >= 4 is 0 Å². The monoisotopic (exact) mass is 1070 g/mol. The molecule has 448 valence electrons.